The molecule has 5 nitrogen and oxygen atoms in total. The van der Waals surface area contributed by atoms with Crippen LogP contribution in [0.25, 0.3) is 0 Å². The van der Waals surface area contributed by atoms with E-state index in [9.17, 15) is 14.2 Å². The summed E-state index contributed by atoms with van der Waals surface area (Å²) in [6.45, 7) is 4.27. The van der Waals surface area contributed by atoms with Crippen molar-refractivity contribution in [3.63, 3.8) is 0 Å². The Hall–Kier alpha value is -0.290. The summed E-state index contributed by atoms with van der Waals surface area (Å²) in [5, 5.41) is 0. The predicted molar refractivity (Wildman–Crippen MR) is 130 cm³/mol. The quantitative estimate of drug-likeness (QED) is 0.114. The van der Waals surface area contributed by atoms with Crippen LogP contribution >= 0.6 is 7.80 Å². The number of aldehydes is 1. The van der Waals surface area contributed by atoms with Crippen LogP contribution in [0, 0.1) is 11.8 Å². The summed E-state index contributed by atoms with van der Waals surface area (Å²) in [5.74, 6) is 0.641. The van der Waals surface area contributed by atoms with Crippen molar-refractivity contribution < 1.29 is 23.6 Å². The molecule has 0 bridgehead atoms. The number of rotatable bonds is 15. The molecular weight excluding hydrogens is 434 g/mol. The van der Waals surface area contributed by atoms with Gasteiger partial charge in [0.25, 0.3) is 0 Å². The molecule has 0 heterocycles. The second-order valence-corrected chi connectivity index (χ2v) is 12.4. The SMILES string of the molecule is CC(C)C(OCCC=O)OC(CCC(c1ccccc1)C1CCCCC1)[PH](=O)C[C](=O)[Na]. The van der Waals surface area contributed by atoms with E-state index < -0.39 is 19.9 Å². The summed E-state index contributed by atoms with van der Waals surface area (Å²) in [4.78, 5) is 22.4. The molecule has 0 aromatic heterocycles. The van der Waals surface area contributed by atoms with Gasteiger partial charge in [0.2, 0.25) is 0 Å². The fourth-order valence-electron chi connectivity index (χ4n) is 4.69. The number of carbonyl (C=O) groups excluding carboxylic acids is 2. The van der Waals surface area contributed by atoms with Crippen LogP contribution < -0.4 is 0 Å². The molecule has 32 heavy (non-hydrogen) atoms. The van der Waals surface area contributed by atoms with E-state index in [0.29, 0.717) is 52.6 Å². The molecule has 1 aliphatic carbocycles. The van der Waals surface area contributed by atoms with Gasteiger partial charge in [-0.25, -0.2) is 0 Å². The molecular formula is C25H38NaO5P. The third-order valence-electron chi connectivity index (χ3n) is 6.33. The normalized spacial score (nSPS) is 18.8. The van der Waals surface area contributed by atoms with Gasteiger partial charge in [-0.3, -0.25) is 0 Å². The zero-order valence-electron chi connectivity index (χ0n) is 20.0. The van der Waals surface area contributed by atoms with E-state index in [1.807, 2.05) is 19.9 Å². The van der Waals surface area contributed by atoms with Crippen LogP contribution in [0.5, 0.6) is 0 Å². The molecule has 1 aliphatic rings. The van der Waals surface area contributed by atoms with E-state index in [4.69, 9.17) is 9.47 Å². The van der Waals surface area contributed by atoms with Crippen LogP contribution in [0.3, 0.4) is 0 Å². The fourth-order valence-corrected chi connectivity index (χ4v) is 7.23. The van der Waals surface area contributed by atoms with E-state index in [2.05, 4.69) is 24.3 Å². The fraction of sp³-hybridized carbons (Fsp3) is 0.680. The molecule has 1 saturated carbocycles. The minimum atomic E-state index is -2.23. The van der Waals surface area contributed by atoms with Gasteiger partial charge in [-0.1, -0.05) is 0 Å². The van der Waals surface area contributed by atoms with Crippen molar-refractivity contribution in [3.05, 3.63) is 35.9 Å². The number of benzene rings is 1. The van der Waals surface area contributed by atoms with Crippen LogP contribution in [0.15, 0.2) is 30.3 Å². The van der Waals surface area contributed by atoms with Crippen LogP contribution in [-0.2, 0) is 23.6 Å². The van der Waals surface area contributed by atoms with Gasteiger partial charge in [0.1, 0.15) is 0 Å². The maximum absolute atomic E-state index is 13.1. The van der Waals surface area contributed by atoms with Gasteiger partial charge in [0.15, 0.2) is 0 Å². The molecule has 4 atom stereocenters. The first kappa shape index (κ1) is 28.0. The Balaban J connectivity index is 2.15. The molecule has 0 saturated heterocycles. The molecule has 0 aliphatic heterocycles. The van der Waals surface area contributed by atoms with Crippen LogP contribution in [0.1, 0.15) is 76.7 Å². The maximum atomic E-state index is 13.1. The second kappa shape index (κ2) is 15.6. The van der Waals surface area contributed by atoms with Gasteiger partial charge < -0.3 is 0 Å². The van der Waals surface area contributed by atoms with E-state index in [-0.39, 0.29) is 21.7 Å². The summed E-state index contributed by atoms with van der Waals surface area (Å²) < 4.78 is 25.2. The van der Waals surface area contributed by atoms with Gasteiger partial charge in [0, 0.05) is 0 Å². The van der Waals surface area contributed by atoms with E-state index >= 15 is 0 Å². The molecule has 0 radical (unpaired) electrons. The first-order chi connectivity index (χ1) is 15.4. The van der Waals surface area contributed by atoms with Crippen LogP contribution in [-0.4, -0.2) is 62.2 Å². The predicted octanol–water partition coefficient (Wildman–Crippen LogP) is 5.32. The zero-order valence-corrected chi connectivity index (χ0v) is 23.0. The second-order valence-electron chi connectivity index (χ2n) is 9.40. The number of ether oxygens (including phenoxy) is 2. The Bertz CT molecular complexity index is 706. The van der Waals surface area contributed by atoms with Crippen molar-refractivity contribution >= 4 is 45.1 Å². The first-order valence-corrected chi connectivity index (χ1v) is 14.9. The number of hydrogen-bond donors (Lipinski definition) is 0. The summed E-state index contributed by atoms with van der Waals surface area (Å²) in [6, 6.07) is 10.7. The monoisotopic (exact) mass is 472 g/mol. The third-order valence-corrected chi connectivity index (χ3v) is 9.38. The first-order valence-electron chi connectivity index (χ1n) is 12.2. The molecule has 7 heteroatoms. The van der Waals surface area contributed by atoms with E-state index in [1.54, 1.807) is 0 Å². The number of hydrogen-bond acceptors (Lipinski definition) is 5. The molecule has 1 fully saturated rings. The van der Waals surface area contributed by atoms with Crippen LogP contribution in [0.2, 0.25) is 0 Å². The Kier molecular flexibility index (Phi) is 13.6. The topological polar surface area (TPSA) is 69.7 Å². The zero-order chi connectivity index (χ0) is 23.3. The van der Waals surface area contributed by atoms with Gasteiger partial charge >= 0.3 is 212 Å². The van der Waals surface area contributed by atoms with Crippen molar-refractivity contribution in [3.8, 4) is 0 Å². The molecule has 1 aromatic rings. The average molecular weight is 473 g/mol. The molecule has 2 rings (SSSR count). The van der Waals surface area contributed by atoms with Crippen molar-refractivity contribution in [1.29, 1.82) is 0 Å². The minimum absolute atomic E-state index is 0.0638. The van der Waals surface area contributed by atoms with Gasteiger partial charge in [-0.15, -0.1) is 0 Å². The molecule has 1 aromatic carbocycles. The average Bonchev–Trinajstić information content (AvgIpc) is 2.78. The Morgan fingerprint density at radius 2 is 1.84 bits per heavy atom. The summed E-state index contributed by atoms with van der Waals surface area (Å²) >= 11 is 0.408. The van der Waals surface area contributed by atoms with Gasteiger partial charge in [-0.05, 0) is 0 Å². The third kappa shape index (κ3) is 9.91. The van der Waals surface area contributed by atoms with Gasteiger partial charge in [0.05, 0.1) is 0 Å². The van der Waals surface area contributed by atoms with Crippen molar-refractivity contribution in [2.75, 3.05) is 12.8 Å². The summed E-state index contributed by atoms with van der Waals surface area (Å²) in [6.07, 6.45) is 8.63. The Morgan fingerprint density at radius 3 is 2.44 bits per heavy atom. The Morgan fingerprint density at radius 1 is 1.16 bits per heavy atom. The molecule has 0 spiro atoms. The van der Waals surface area contributed by atoms with Crippen molar-refractivity contribution in [2.45, 2.75) is 83.3 Å². The van der Waals surface area contributed by atoms with Crippen molar-refractivity contribution in [2.24, 2.45) is 11.8 Å². The van der Waals surface area contributed by atoms with Crippen LogP contribution in [0.4, 0.5) is 0 Å². The number of carbonyl (C=O) groups is 2. The standard InChI is InChI=1S/C25H38O5P.Na/c1-20(2)25(29-18-9-16-26)30-24(31(28)19-17-27)15-14-23(21-10-5-3-6-11-21)22-12-7-4-8-13-22;/h3,5-6,10-11,16,20,22-25,31H,4,7-9,12-15,18-19H2,1-2H3;. The summed E-state index contributed by atoms with van der Waals surface area (Å²) in [7, 11) is -2.23. The molecule has 0 amide bonds. The molecule has 0 N–H and O–H groups in total. The summed E-state index contributed by atoms with van der Waals surface area (Å²) in [5.41, 5.74) is 1.35. The van der Waals surface area contributed by atoms with E-state index in [1.165, 1.54) is 37.7 Å². The van der Waals surface area contributed by atoms with E-state index in [0.717, 1.165) is 12.7 Å². The molecule has 4 unspecified atom stereocenters. The van der Waals surface area contributed by atoms with Crippen molar-refractivity contribution in [1.82, 2.24) is 0 Å². The van der Waals surface area contributed by atoms with Gasteiger partial charge in [-0.2, -0.15) is 0 Å². The molecule has 174 valence electrons. The Labute approximate surface area is 211 Å².